The van der Waals surface area contributed by atoms with Gasteiger partial charge in [-0.3, -0.25) is 0 Å². The molecule has 1 amide bonds. The molecular formula is C19H20Cl2N2O5. The fraction of sp³-hybridized carbons (Fsp3) is 0.263. The summed E-state index contributed by atoms with van der Waals surface area (Å²) >= 11 is 12.1. The molecule has 0 unspecified atom stereocenters. The Hall–Kier alpha value is -2.64. The SMILES string of the molecule is COC(=O)N/N=C\c1cc(Cl)c(OCCCOc2ccc(Cl)cc2)c(OC)c1. The Labute approximate surface area is 173 Å². The molecule has 150 valence electrons. The van der Waals surface area contributed by atoms with E-state index < -0.39 is 6.09 Å². The first-order valence-corrected chi connectivity index (χ1v) is 9.04. The maximum atomic E-state index is 11.0. The number of hydrazone groups is 1. The van der Waals surface area contributed by atoms with Gasteiger partial charge in [0.05, 0.1) is 38.7 Å². The van der Waals surface area contributed by atoms with Crippen molar-refractivity contribution in [1.29, 1.82) is 0 Å². The van der Waals surface area contributed by atoms with E-state index in [2.05, 4.69) is 15.3 Å². The van der Waals surface area contributed by atoms with Crippen molar-refractivity contribution in [3.63, 3.8) is 0 Å². The lowest BCUT2D eigenvalue weighted by Crippen LogP contribution is -2.16. The fourth-order valence-electron chi connectivity index (χ4n) is 2.11. The van der Waals surface area contributed by atoms with E-state index >= 15 is 0 Å². The van der Waals surface area contributed by atoms with Gasteiger partial charge in [0.2, 0.25) is 0 Å². The number of benzene rings is 2. The molecule has 0 spiro atoms. The highest BCUT2D eigenvalue weighted by Gasteiger charge is 2.11. The number of carbonyl (C=O) groups excluding carboxylic acids is 1. The van der Waals surface area contributed by atoms with Gasteiger partial charge in [0, 0.05) is 11.4 Å². The van der Waals surface area contributed by atoms with Crippen LogP contribution in [-0.4, -0.2) is 39.7 Å². The monoisotopic (exact) mass is 426 g/mol. The number of methoxy groups -OCH3 is 2. The lowest BCUT2D eigenvalue weighted by Gasteiger charge is -2.13. The first-order chi connectivity index (χ1) is 13.5. The van der Waals surface area contributed by atoms with Crippen LogP contribution in [0.1, 0.15) is 12.0 Å². The Kier molecular flexibility index (Phi) is 8.71. The molecule has 2 aromatic rings. The van der Waals surface area contributed by atoms with E-state index in [1.807, 2.05) is 0 Å². The van der Waals surface area contributed by atoms with Crippen molar-refractivity contribution in [1.82, 2.24) is 5.43 Å². The molecule has 9 heteroatoms. The zero-order valence-corrected chi connectivity index (χ0v) is 16.9. The number of hydrogen-bond acceptors (Lipinski definition) is 6. The summed E-state index contributed by atoms with van der Waals surface area (Å²) < 4.78 is 21.1. The Morgan fingerprint density at radius 1 is 1.11 bits per heavy atom. The third-order valence-electron chi connectivity index (χ3n) is 3.42. The Morgan fingerprint density at radius 3 is 2.50 bits per heavy atom. The number of hydrogen-bond donors (Lipinski definition) is 1. The maximum absolute atomic E-state index is 11.0. The molecule has 0 aliphatic rings. The Bertz CT molecular complexity index is 813. The normalized spacial score (nSPS) is 10.6. The van der Waals surface area contributed by atoms with Gasteiger partial charge in [0.15, 0.2) is 11.5 Å². The predicted octanol–water partition coefficient (Wildman–Crippen LogP) is 4.54. The summed E-state index contributed by atoms with van der Waals surface area (Å²) in [5.41, 5.74) is 2.81. The molecule has 0 saturated heterocycles. The van der Waals surface area contributed by atoms with Gasteiger partial charge in [0.25, 0.3) is 0 Å². The smallest absolute Gasteiger partial charge is 0.427 e. The van der Waals surface area contributed by atoms with Gasteiger partial charge in [-0.15, -0.1) is 0 Å². The van der Waals surface area contributed by atoms with Gasteiger partial charge < -0.3 is 18.9 Å². The minimum atomic E-state index is -0.671. The summed E-state index contributed by atoms with van der Waals surface area (Å²) in [7, 11) is 2.76. The van der Waals surface area contributed by atoms with E-state index in [1.54, 1.807) is 36.4 Å². The van der Waals surface area contributed by atoms with Crippen molar-refractivity contribution in [2.45, 2.75) is 6.42 Å². The predicted molar refractivity (Wildman–Crippen MR) is 108 cm³/mol. The Morgan fingerprint density at radius 2 is 1.82 bits per heavy atom. The van der Waals surface area contributed by atoms with Crippen LogP contribution in [0.3, 0.4) is 0 Å². The fourth-order valence-corrected chi connectivity index (χ4v) is 2.51. The van der Waals surface area contributed by atoms with Crippen molar-refractivity contribution >= 4 is 35.5 Å². The topological polar surface area (TPSA) is 78.4 Å². The largest absolute Gasteiger partial charge is 0.493 e. The molecule has 0 bridgehead atoms. The summed E-state index contributed by atoms with van der Waals surface area (Å²) in [6.45, 7) is 0.868. The number of nitrogens with one attached hydrogen (secondary N) is 1. The summed E-state index contributed by atoms with van der Waals surface area (Å²) in [5, 5.41) is 4.77. The van der Waals surface area contributed by atoms with Gasteiger partial charge in [-0.25, -0.2) is 10.2 Å². The lowest BCUT2D eigenvalue weighted by molar-refractivity contribution is 0.171. The number of ether oxygens (including phenoxy) is 4. The van der Waals surface area contributed by atoms with E-state index in [0.29, 0.717) is 46.7 Å². The number of amides is 1. The highest BCUT2D eigenvalue weighted by Crippen LogP contribution is 2.36. The average molecular weight is 427 g/mol. The van der Waals surface area contributed by atoms with E-state index in [0.717, 1.165) is 5.75 Å². The van der Waals surface area contributed by atoms with Crippen LogP contribution in [0.25, 0.3) is 0 Å². The summed E-state index contributed by atoms with van der Waals surface area (Å²) in [6.07, 6.45) is 1.39. The summed E-state index contributed by atoms with van der Waals surface area (Å²) in [6, 6.07) is 10.5. The van der Waals surface area contributed by atoms with E-state index in [1.165, 1.54) is 20.4 Å². The quantitative estimate of drug-likeness (QED) is 0.361. The van der Waals surface area contributed by atoms with Crippen LogP contribution in [0.15, 0.2) is 41.5 Å². The molecule has 0 fully saturated rings. The zero-order valence-electron chi connectivity index (χ0n) is 15.4. The second kappa shape index (κ2) is 11.3. The lowest BCUT2D eigenvalue weighted by atomic mass is 10.2. The van der Waals surface area contributed by atoms with Crippen molar-refractivity contribution < 1.29 is 23.7 Å². The molecule has 1 N–H and O–H groups in total. The first kappa shape index (κ1) is 21.7. The van der Waals surface area contributed by atoms with Crippen LogP contribution in [0.2, 0.25) is 10.0 Å². The van der Waals surface area contributed by atoms with E-state index in [-0.39, 0.29) is 0 Å². The molecule has 28 heavy (non-hydrogen) atoms. The van der Waals surface area contributed by atoms with Crippen LogP contribution < -0.4 is 19.6 Å². The molecule has 0 aliphatic carbocycles. The molecule has 0 aliphatic heterocycles. The van der Waals surface area contributed by atoms with Gasteiger partial charge >= 0.3 is 6.09 Å². The van der Waals surface area contributed by atoms with Crippen LogP contribution in [0, 0.1) is 0 Å². The molecule has 2 rings (SSSR count). The summed E-state index contributed by atoms with van der Waals surface area (Å²) in [5.74, 6) is 1.61. The van der Waals surface area contributed by atoms with Crippen LogP contribution in [-0.2, 0) is 4.74 Å². The average Bonchev–Trinajstić information content (AvgIpc) is 2.69. The second-order valence-corrected chi connectivity index (χ2v) is 6.24. The van der Waals surface area contributed by atoms with E-state index in [4.69, 9.17) is 37.4 Å². The molecule has 2 aromatic carbocycles. The van der Waals surface area contributed by atoms with Gasteiger partial charge in [0.1, 0.15) is 5.75 Å². The van der Waals surface area contributed by atoms with Crippen LogP contribution >= 0.6 is 23.2 Å². The molecule has 7 nitrogen and oxygen atoms in total. The van der Waals surface area contributed by atoms with Crippen molar-refractivity contribution in [2.75, 3.05) is 27.4 Å². The first-order valence-electron chi connectivity index (χ1n) is 8.29. The molecule has 0 radical (unpaired) electrons. The van der Waals surface area contributed by atoms with Gasteiger partial charge in [-0.1, -0.05) is 23.2 Å². The van der Waals surface area contributed by atoms with E-state index in [9.17, 15) is 4.79 Å². The minimum absolute atomic E-state index is 0.359. The second-order valence-electron chi connectivity index (χ2n) is 5.40. The van der Waals surface area contributed by atoms with Crippen molar-refractivity contribution in [2.24, 2.45) is 5.10 Å². The molecular weight excluding hydrogens is 407 g/mol. The van der Waals surface area contributed by atoms with Crippen LogP contribution in [0.4, 0.5) is 4.79 Å². The molecule has 0 saturated carbocycles. The van der Waals surface area contributed by atoms with Crippen molar-refractivity contribution in [3.8, 4) is 17.2 Å². The molecule has 0 aromatic heterocycles. The molecule has 0 atom stereocenters. The highest BCUT2D eigenvalue weighted by molar-refractivity contribution is 6.32. The maximum Gasteiger partial charge on any atom is 0.427 e. The Balaban J connectivity index is 1.88. The summed E-state index contributed by atoms with van der Waals surface area (Å²) in [4.78, 5) is 11.0. The zero-order chi connectivity index (χ0) is 20.4. The third-order valence-corrected chi connectivity index (χ3v) is 3.96. The number of nitrogens with zero attached hydrogens (tertiary/aromatic N) is 1. The molecule has 0 heterocycles. The standard InChI is InChI=1S/C19H20Cl2N2O5/c1-25-17-11-13(12-22-23-19(24)26-2)10-16(21)18(17)28-9-3-8-27-15-6-4-14(20)5-7-15/h4-7,10-12H,3,8-9H2,1-2H3,(H,23,24)/b22-12-. The van der Waals surface area contributed by atoms with Crippen molar-refractivity contribution in [3.05, 3.63) is 52.0 Å². The van der Waals surface area contributed by atoms with Gasteiger partial charge in [-0.2, -0.15) is 5.10 Å². The highest BCUT2D eigenvalue weighted by atomic mass is 35.5. The number of halogens is 2. The van der Waals surface area contributed by atoms with Crippen LogP contribution in [0.5, 0.6) is 17.2 Å². The third kappa shape index (κ3) is 6.83. The van der Waals surface area contributed by atoms with Gasteiger partial charge in [-0.05, 0) is 42.0 Å². The minimum Gasteiger partial charge on any atom is -0.493 e. The number of carbonyl (C=O) groups is 1. The number of rotatable bonds is 9.